The van der Waals surface area contributed by atoms with Gasteiger partial charge in [-0.15, -0.1) is 0 Å². The average molecular weight is 197 g/mol. The second kappa shape index (κ2) is 4.09. The van der Waals surface area contributed by atoms with Crippen molar-refractivity contribution in [2.24, 2.45) is 7.05 Å². The largest absolute Gasteiger partial charge is 0.311 e. The summed E-state index contributed by atoms with van der Waals surface area (Å²) in [6.45, 7) is 0.952. The number of nitrogens with zero attached hydrogens (tertiary/aromatic N) is 2. The SMILES string of the molecule is Cn1ccc(CC(F)C2CCCN2)n1. The van der Waals surface area contributed by atoms with Crippen molar-refractivity contribution >= 4 is 0 Å². The molecule has 1 N–H and O–H groups in total. The van der Waals surface area contributed by atoms with Crippen LogP contribution in [0.1, 0.15) is 18.5 Å². The Hall–Kier alpha value is -0.900. The summed E-state index contributed by atoms with van der Waals surface area (Å²) in [6, 6.07) is 1.92. The molecule has 2 heterocycles. The molecule has 0 bridgehead atoms. The van der Waals surface area contributed by atoms with E-state index in [2.05, 4.69) is 10.4 Å². The summed E-state index contributed by atoms with van der Waals surface area (Å²) in [5.41, 5.74) is 0.841. The van der Waals surface area contributed by atoms with Crippen LogP contribution in [0.25, 0.3) is 0 Å². The Balaban J connectivity index is 1.90. The van der Waals surface area contributed by atoms with Gasteiger partial charge in [0.2, 0.25) is 0 Å². The van der Waals surface area contributed by atoms with E-state index in [1.807, 2.05) is 19.3 Å². The van der Waals surface area contributed by atoms with E-state index in [0.29, 0.717) is 6.42 Å². The van der Waals surface area contributed by atoms with Gasteiger partial charge < -0.3 is 5.32 Å². The molecule has 2 rings (SSSR count). The van der Waals surface area contributed by atoms with Gasteiger partial charge in [-0.1, -0.05) is 0 Å². The minimum Gasteiger partial charge on any atom is -0.311 e. The summed E-state index contributed by atoms with van der Waals surface area (Å²) in [7, 11) is 1.85. The zero-order valence-electron chi connectivity index (χ0n) is 8.41. The van der Waals surface area contributed by atoms with Crippen molar-refractivity contribution in [3.8, 4) is 0 Å². The molecule has 1 aromatic rings. The standard InChI is InChI=1S/C10H16FN3/c1-14-6-4-8(13-14)7-9(11)10-3-2-5-12-10/h4,6,9-10,12H,2-3,5,7H2,1H3. The summed E-state index contributed by atoms with van der Waals surface area (Å²) >= 11 is 0. The highest BCUT2D eigenvalue weighted by Crippen LogP contribution is 2.15. The normalized spacial score (nSPS) is 24.0. The van der Waals surface area contributed by atoms with Crippen LogP contribution in [0, 0.1) is 0 Å². The summed E-state index contributed by atoms with van der Waals surface area (Å²) < 4.78 is 15.4. The van der Waals surface area contributed by atoms with Crippen molar-refractivity contribution in [3.63, 3.8) is 0 Å². The smallest absolute Gasteiger partial charge is 0.121 e. The monoisotopic (exact) mass is 197 g/mol. The van der Waals surface area contributed by atoms with Gasteiger partial charge >= 0.3 is 0 Å². The Morgan fingerprint density at radius 1 is 1.79 bits per heavy atom. The van der Waals surface area contributed by atoms with Crippen molar-refractivity contribution in [1.82, 2.24) is 15.1 Å². The second-order valence-electron chi connectivity index (χ2n) is 3.90. The fraction of sp³-hybridized carbons (Fsp3) is 0.700. The highest BCUT2D eigenvalue weighted by molar-refractivity contribution is 5.02. The van der Waals surface area contributed by atoms with Crippen LogP contribution in [-0.2, 0) is 13.5 Å². The molecule has 1 aromatic heterocycles. The highest BCUT2D eigenvalue weighted by atomic mass is 19.1. The number of alkyl halides is 1. The lowest BCUT2D eigenvalue weighted by atomic mass is 10.1. The van der Waals surface area contributed by atoms with E-state index in [4.69, 9.17) is 0 Å². The molecular formula is C10H16FN3. The molecule has 0 saturated carbocycles. The average Bonchev–Trinajstić information content (AvgIpc) is 2.75. The van der Waals surface area contributed by atoms with Crippen molar-refractivity contribution in [2.45, 2.75) is 31.5 Å². The van der Waals surface area contributed by atoms with E-state index in [1.54, 1.807) is 4.68 Å². The number of hydrogen-bond donors (Lipinski definition) is 1. The molecule has 0 radical (unpaired) electrons. The van der Waals surface area contributed by atoms with E-state index in [-0.39, 0.29) is 6.04 Å². The molecular weight excluding hydrogens is 181 g/mol. The van der Waals surface area contributed by atoms with Gasteiger partial charge in [0.25, 0.3) is 0 Å². The number of rotatable bonds is 3. The number of aryl methyl sites for hydroxylation is 1. The molecule has 0 spiro atoms. The van der Waals surface area contributed by atoms with E-state index in [9.17, 15) is 4.39 Å². The number of hydrogen-bond acceptors (Lipinski definition) is 2. The fourth-order valence-corrected chi connectivity index (χ4v) is 1.93. The third-order valence-electron chi connectivity index (χ3n) is 2.71. The van der Waals surface area contributed by atoms with Crippen LogP contribution in [0.15, 0.2) is 12.3 Å². The van der Waals surface area contributed by atoms with Crippen LogP contribution in [-0.4, -0.2) is 28.5 Å². The molecule has 1 fully saturated rings. The molecule has 0 aliphatic carbocycles. The molecule has 1 aliphatic rings. The quantitative estimate of drug-likeness (QED) is 0.785. The lowest BCUT2D eigenvalue weighted by Gasteiger charge is -2.14. The Morgan fingerprint density at radius 3 is 3.21 bits per heavy atom. The highest BCUT2D eigenvalue weighted by Gasteiger charge is 2.24. The summed E-state index contributed by atoms with van der Waals surface area (Å²) in [5, 5.41) is 7.34. The minimum atomic E-state index is -0.799. The van der Waals surface area contributed by atoms with Crippen LogP contribution in [0.4, 0.5) is 4.39 Å². The predicted octanol–water partition coefficient (Wildman–Crippen LogP) is 1.05. The van der Waals surface area contributed by atoms with Crippen LogP contribution >= 0.6 is 0 Å². The third kappa shape index (κ3) is 2.12. The van der Waals surface area contributed by atoms with Gasteiger partial charge in [-0.25, -0.2) is 4.39 Å². The molecule has 14 heavy (non-hydrogen) atoms. The number of nitrogens with one attached hydrogen (secondary N) is 1. The predicted molar refractivity (Wildman–Crippen MR) is 52.8 cm³/mol. The van der Waals surface area contributed by atoms with Gasteiger partial charge in [0.15, 0.2) is 0 Å². The van der Waals surface area contributed by atoms with Crippen LogP contribution in [0.3, 0.4) is 0 Å². The molecule has 0 aromatic carbocycles. The number of aromatic nitrogens is 2. The van der Waals surface area contributed by atoms with Crippen LogP contribution in [0.5, 0.6) is 0 Å². The first kappa shape index (κ1) is 9.65. The van der Waals surface area contributed by atoms with Crippen molar-refractivity contribution < 1.29 is 4.39 Å². The van der Waals surface area contributed by atoms with Crippen LogP contribution in [0.2, 0.25) is 0 Å². The molecule has 1 aliphatic heterocycles. The lowest BCUT2D eigenvalue weighted by molar-refractivity contribution is 0.261. The van der Waals surface area contributed by atoms with E-state index >= 15 is 0 Å². The maximum absolute atomic E-state index is 13.7. The van der Waals surface area contributed by atoms with Gasteiger partial charge in [-0.05, 0) is 25.5 Å². The fourth-order valence-electron chi connectivity index (χ4n) is 1.93. The van der Waals surface area contributed by atoms with Gasteiger partial charge in [0.05, 0.1) is 5.69 Å². The first-order chi connectivity index (χ1) is 6.75. The lowest BCUT2D eigenvalue weighted by Crippen LogP contribution is -2.33. The van der Waals surface area contributed by atoms with E-state index in [0.717, 1.165) is 25.1 Å². The number of halogens is 1. The molecule has 2 atom stereocenters. The van der Waals surface area contributed by atoms with E-state index in [1.165, 1.54) is 0 Å². The topological polar surface area (TPSA) is 29.9 Å². The maximum atomic E-state index is 13.7. The first-order valence-electron chi connectivity index (χ1n) is 5.11. The first-order valence-corrected chi connectivity index (χ1v) is 5.11. The van der Waals surface area contributed by atoms with Gasteiger partial charge in [0.1, 0.15) is 6.17 Å². The Bertz CT molecular complexity index is 291. The van der Waals surface area contributed by atoms with E-state index < -0.39 is 6.17 Å². The van der Waals surface area contributed by atoms with Crippen LogP contribution < -0.4 is 5.32 Å². The Labute approximate surface area is 83.3 Å². The summed E-state index contributed by atoms with van der Waals surface area (Å²) in [4.78, 5) is 0. The maximum Gasteiger partial charge on any atom is 0.121 e. The molecule has 3 nitrogen and oxygen atoms in total. The Kier molecular flexibility index (Phi) is 2.82. The molecule has 78 valence electrons. The van der Waals surface area contributed by atoms with Crippen molar-refractivity contribution in [3.05, 3.63) is 18.0 Å². The summed E-state index contributed by atoms with van der Waals surface area (Å²) in [5.74, 6) is 0. The van der Waals surface area contributed by atoms with Crippen molar-refractivity contribution in [1.29, 1.82) is 0 Å². The molecule has 4 heteroatoms. The summed E-state index contributed by atoms with van der Waals surface area (Å²) in [6.07, 6.45) is 3.52. The molecule has 0 amide bonds. The molecule has 1 saturated heterocycles. The van der Waals surface area contributed by atoms with Gasteiger partial charge in [0, 0.05) is 25.7 Å². The molecule has 2 unspecified atom stereocenters. The minimum absolute atomic E-state index is 0.0389. The van der Waals surface area contributed by atoms with Gasteiger partial charge in [-0.2, -0.15) is 5.10 Å². The third-order valence-corrected chi connectivity index (χ3v) is 2.71. The zero-order valence-corrected chi connectivity index (χ0v) is 8.41. The van der Waals surface area contributed by atoms with Gasteiger partial charge in [-0.3, -0.25) is 4.68 Å². The second-order valence-corrected chi connectivity index (χ2v) is 3.90. The Morgan fingerprint density at radius 2 is 2.64 bits per heavy atom. The zero-order chi connectivity index (χ0) is 9.97. The van der Waals surface area contributed by atoms with Crippen molar-refractivity contribution in [2.75, 3.05) is 6.54 Å².